The second kappa shape index (κ2) is 6.06. The van der Waals surface area contributed by atoms with E-state index >= 15 is 0 Å². The summed E-state index contributed by atoms with van der Waals surface area (Å²) in [7, 11) is 1.62. The second-order valence-electron chi connectivity index (χ2n) is 7.00. The number of hydrogen-bond acceptors (Lipinski definition) is 6. The zero-order valence-electron chi connectivity index (χ0n) is 15.0. The van der Waals surface area contributed by atoms with E-state index in [0.717, 1.165) is 17.7 Å². The lowest BCUT2D eigenvalue weighted by Gasteiger charge is -2.17. The van der Waals surface area contributed by atoms with Crippen LogP contribution in [0.15, 0.2) is 48.5 Å². The number of methoxy groups -OCH3 is 1. The number of carbonyl (C=O) groups excluding carboxylic acids is 1. The molecule has 1 aliphatic heterocycles. The highest BCUT2D eigenvalue weighted by molar-refractivity contribution is 5.89. The summed E-state index contributed by atoms with van der Waals surface area (Å²) >= 11 is 0. The van der Waals surface area contributed by atoms with Gasteiger partial charge in [0.2, 0.25) is 0 Å². The molecular formula is C20H19NO6. The Morgan fingerprint density at radius 3 is 2.41 bits per heavy atom. The highest BCUT2D eigenvalue weighted by atomic mass is 16.7. The number of non-ortho nitro benzene ring substituents is 1. The number of ether oxygens (including phenoxy) is 3. The molecule has 27 heavy (non-hydrogen) atoms. The molecule has 0 unspecified atom stereocenters. The van der Waals surface area contributed by atoms with Crippen LogP contribution in [0.4, 0.5) is 5.69 Å². The van der Waals surface area contributed by atoms with Crippen molar-refractivity contribution in [1.29, 1.82) is 0 Å². The minimum atomic E-state index is -0.571. The second-order valence-corrected chi connectivity index (χ2v) is 7.00. The van der Waals surface area contributed by atoms with Gasteiger partial charge in [-0.05, 0) is 49.6 Å². The number of esters is 1. The van der Waals surface area contributed by atoms with Crippen molar-refractivity contribution >= 4 is 11.7 Å². The molecule has 3 atom stereocenters. The Morgan fingerprint density at radius 1 is 1.19 bits per heavy atom. The van der Waals surface area contributed by atoms with Crippen molar-refractivity contribution in [3.63, 3.8) is 0 Å². The largest absolute Gasteiger partial charge is 0.497 e. The van der Waals surface area contributed by atoms with Gasteiger partial charge in [-0.3, -0.25) is 10.1 Å². The smallest absolute Gasteiger partial charge is 0.338 e. The molecule has 0 amide bonds. The molecule has 140 valence electrons. The first-order chi connectivity index (χ1) is 12.9. The topological polar surface area (TPSA) is 91.2 Å². The van der Waals surface area contributed by atoms with Gasteiger partial charge in [0.1, 0.15) is 23.1 Å². The molecule has 1 saturated heterocycles. The van der Waals surface area contributed by atoms with Crippen molar-refractivity contribution in [3.8, 4) is 5.75 Å². The molecule has 0 N–H and O–H groups in total. The van der Waals surface area contributed by atoms with Gasteiger partial charge in [0.05, 0.1) is 17.6 Å². The SMILES string of the molecule is COc1ccc([C@@]23CC[C@@H](OC(=O)c4ccc([N+](=O)[O-])cc4)[C@]2(C)O3)cc1. The average Bonchev–Trinajstić information content (AvgIpc) is 3.22. The van der Waals surface area contributed by atoms with Crippen LogP contribution in [0.25, 0.3) is 0 Å². The summed E-state index contributed by atoms with van der Waals surface area (Å²) in [5.41, 5.74) is 0.243. The Bertz CT molecular complexity index is 890. The van der Waals surface area contributed by atoms with Gasteiger partial charge in [-0.2, -0.15) is 0 Å². The van der Waals surface area contributed by atoms with E-state index in [2.05, 4.69) is 0 Å². The molecular weight excluding hydrogens is 350 g/mol. The molecule has 7 heteroatoms. The van der Waals surface area contributed by atoms with Gasteiger partial charge < -0.3 is 14.2 Å². The maximum atomic E-state index is 12.4. The van der Waals surface area contributed by atoms with Gasteiger partial charge in [0, 0.05) is 12.1 Å². The minimum Gasteiger partial charge on any atom is -0.497 e. The highest BCUT2D eigenvalue weighted by Gasteiger charge is 2.76. The van der Waals surface area contributed by atoms with Gasteiger partial charge in [-0.25, -0.2) is 4.79 Å². The molecule has 0 bridgehead atoms. The number of nitro benzene ring substituents is 1. The van der Waals surface area contributed by atoms with Crippen LogP contribution in [0.3, 0.4) is 0 Å². The number of hydrogen-bond donors (Lipinski definition) is 0. The van der Waals surface area contributed by atoms with Crippen LogP contribution in [-0.2, 0) is 15.1 Å². The lowest BCUT2D eigenvalue weighted by atomic mass is 9.89. The molecule has 2 aliphatic rings. The number of epoxide rings is 1. The van der Waals surface area contributed by atoms with Gasteiger partial charge in [-0.15, -0.1) is 0 Å². The van der Waals surface area contributed by atoms with E-state index < -0.39 is 22.1 Å². The molecule has 2 aromatic carbocycles. The Morgan fingerprint density at radius 2 is 1.85 bits per heavy atom. The zero-order valence-corrected chi connectivity index (χ0v) is 15.0. The molecule has 2 fully saturated rings. The number of nitro groups is 1. The third-order valence-corrected chi connectivity index (χ3v) is 5.64. The van der Waals surface area contributed by atoms with Crippen LogP contribution in [0, 0.1) is 10.1 Å². The highest BCUT2D eigenvalue weighted by Crippen LogP contribution is 2.66. The number of benzene rings is 2. The fourth-order valence-electron chi connectivity index (χ4n) is 4.01. The first-order valence-electron chi connectivity index (χ1n) is 8.70. The van der Waals surface area contributed by atoms with Crippen LogP contribution < -0.4 is 4.74 Å². The zero-order chi connectivity index (χ0) is 19.2. The van der Waals surface area contributed by atoms with Crippen LogP contribution in [0.2, 0.25) is 0 Å². The lowest BCUT2D eigenvalue weighted by molar-refractivity contribution is -0.384. The van der Waals surface area contributed by atoms with Crippen molar-refractivity contribution in [1.82, 2.24) is 0 Å². The van der Waals surface area contributed by atoms with Gasteiger partial charge in [0.25, 0.3) is 5.69 Å². The van der Waals surface area contributed by atoms with Gasteiger partial charge in [-0.1, -0.05) is 12.1 Å². The lowest BCUT2D eigenvalue weighted by Crippen LogP contribution is -2.31. The maximum Gasteiger partial charge on any atom is 0.338 e. The monoisotopic (exact) mass is 369 g/mol. The molecule has 7 nitrogen and oxygen atoms in total. The Kier molecular flexibility index (Phi) is 3.92. The van der Waals surface area contributed by atoms with E-state index in [9.17, 15) is 14.9 Å². The van der Waals surface area contributed by atoms with E-state index in [1.807, 2.05) is 31.2 Å². The van der Waals surface area contributed by atoms with Crippen molar-refractivity contribution < 1.29 is 23.9 Å². The van der Waals surface area contributed by atoms with Crippen molar-refractivity contribution in [3.05, 3.63) is 69.8 Å². The van der Waals surface area contributed by atoms with E-state index in [-0.39, 0.29) is 17.4 Å². The number of carbonyl (C=O) groups is 1. The number of fused-ring (bicyclic) bond motifs is 1. The maximum absolute atomic E-state index is 12.4. The summed E-state index contributed by atoms with van der Waals surface area (Å²) in [5.74, 6) is 0.272. The van der Waals surface area contributed by atoms with Crippen LogP contribution in [0.1, 0.15) is 35.7 Å². The molecule has 4 rings (SSSR count). The summed E-state index contributed by atoms with van der Waals surface area (Å²) in [6.45, 7) is 1.96. The summed E-state index contributed by atoms with van der Waals surface area (Å²) in [4.78, 5) is 22.7. The molecule has 1 saturated carbocycles. The van der Waals surface area contributed by atoms with Crippen LogP contribution in [0.5, 0.6) is 5.75 Å². The fraction of sp³-hybridized carbons (Fsp3) is 0.350. The Labute approximate surface area is 156 Å². The molecule has 1 aliphatic carbocycles. The number of rotatable bonds is 5. The van der Waals surface area contributed by atoms with Gasteiger partial charge >= 0.3 is 5.97 Å². The quantitative estimate of drug-likeness (QED) is 0.346. The van der Waals surface area contributed by atoms with E-state index in [1.54, 1.807) is 7.11 Å². The fourth-order valence-corrected chi connectivity index (χ4v) is 4.01. The van der Waals surface area contributed by atoms with E-state index in [4.69, 9.17) is 14.2 Å². The third-order valence-electron chi connectivity index (χ3n) is 5.64. The Balaban J connectivity index is 1.48. The Hall–Kier alpha value is -2.93. The summed E-state index contributed by atoms with van der Waals surface area (Å²) in [5, 5.41) is 10.7. The molecule has 0 aromatic heterocycles. The van der Waals surface area contributed by atoms with Crippen molar-refractivity contribution in [2.24, 2.45) is 0 Å². The summed E-state index contributed by atoms with van der Waals surface area (Å²) < 4.78 is 17.0. The minimum absolute atomic E-state index is 0.0663. The van der Waals surface area contributed by atoms with Crippen LogP contribution in [-0.4, -0.2) is 29.7 Å². The van der Waals surface area contributed by atoms with Crippen molar-refractivity contribution in [2.75, 3.05) is 7.11 Å². The van der Waals surface area contributed by atoms with Crippen LogP contribution >= 0.6 is 0 Å². The van der Waals surface area contributed by atoms with E-state index in [1.165, 1.54) is 24.3 Å². The predicted octanol–water partition coefficient (Wildman–Crippen LogP) is 3.61. The number of nitrogens with zero attached hydrogens (tertiary/aromatic N) is 1. The molecule has 0 radical (unpaired) electrons. The summed E-state index contributed by atoms with van der Waals surface area (Å²) in [6, 6.07) is 13.1. The van der Waals surface area contributed by atoms with Gasteiger partial charge in [0.15, 0.2) is 0 Å². The molecule has 1 heterocycles. The summed E-state index contributed by atoms with van der Waals surface area (Å²) in [6.07, 6.45) is 1.08. The molecule has 2 aromatic rings. The average molecular weight is 369 g/mol. The third kappa shape index (κ3) is 2.66. The van der Waals surface area contributed by atoms with E-state index in [0.29, 0.717) is 6.42 Å². The standard InChI is InChI=1S/C20H19NO6/c1-19-17(26-18(22)13-3-7-15(8-4-13)21(23)24)11-12-20(19,27-19)14-5-9-16(25-2)10-6-14/h3-10,17H,11-12H2,1-2H3/t17-,19+,20+/m1/s1. The van der Waals surface area contributed by atoms with Crippen molar-refractivity contribution in [2.45, 2.75) is 37.1 Å². The predicted molar refractivity (Wildman–Crippen MR) is 95.7 cm³/mol. The first-order valence-corrected chi connectivity index (χ1v) is 8.70. The normalized spacial score (nSPS) is 28.3. The molecule has 0 spiro atoms. The first kappa shape index (κ1) is 17.5.